The molecule has 1 aliphatic rings. The van der Waals surface area contributed by atoms with E-state index in [0.717, 1.165) is 0 Å². The second-order valence-electron chi connectivity index (χ2n) is 5.72. The third-order valence-corrected chi connectivity index (χ3v) is 5.58. The lowest BCUT2D eigenvalue weighted by Crippen LogP contribution is -2.50. The maximum Gasteiger partial charge on any atom is 0.253 e. The van der Waals surface area contributed by atoms with Crippen LogP contribution in [0.1, 0.15) is 0 Å². The maximum atomic E-state index is 13.1. The van der Waals surface area contributed by atoms with Crippen molar-refractivity contribution in [2.24, 2.45) is 0 Å². The van der Waals surface area contributed by atoms with E-state index in [1.165, 1.54) is 53.4 Å². The molecule has 3 rings (SSSR count). The highest BCUT2D eigenvalue weighted by atomic mass is 35.5. The Kier molecular flexibility index (Phi) is 5.57. The molecule has 2 aromatic carbocycles. The summed E-state index contributed by atoms with van der Waals surface area (Å²) in [6.45, 7) is -0.0196. The number of hydrogen-bond acceptors (Lipinski definition) is 4. The third kappa shape index (κ3) is 4.39. The highest BCUT2D eigenvalue weighted by Crippen LogP contribution is 2.19. The van der Waals surface area contributed by atoms with Crippen molar-refractivity contribution in [3.63, 3.8) is 0 Å². The summed E-state index contributed by atoms with van der Waals surface area (Å²) in [5.74, 6) is -0.671. The van der Waals surface area contributed by atoms with Gasteiger partial charge in [-0.2, -0.15) is 0 Å². The number of morpholine rings is 1. The minimum atomic E-state index is -3.72. The fourth-order valence-electron chi connectivity index (χ4n) is 2.52. The summed E-state index contributed by atoms with van der Waals surface area (Å²) in [7, 11) is -3.72. The number of nitrogens with zero attached hydrogens (tertiary/aromatic N) is 1. The Hall–Kier alpha value is -2.00. The van der Waals surface area contributed by atoms with Crippen molar-refractivity contribution in [1.82, 2.24) is 4.72 Å². The number of sulfonamides is 1. The first-order chi connectivity index (χ1) is 12.3. The first-order valence-electron chi connectivity index (χ1n) is 7.78. The smallest absolute Gasteiger partial charge is 0.253 e. The Morgan fingerprint density at radius 3 is 2.46 bits per heavy atom. The Morgan fingerprint density at radius 2 is 1.81 bits per heavy atom. The molecule has 1 heterocycles. The third-order valence-electron chi connectivity index (χ3n) is 3.89. The molecule has 6 nitrogen and oxygen atoms in total. The maximum absolute atomic E-state index is 13.1. The van der Waals surface area contributed by atoms with E-state index >= 15 is 0 Å². The van der Waals surface area contributed by atoms with Gasteiger partial charge in [-0.05, 0) is 48.5 Å². The van der Waals surface area contributed by atoms with Crippen LogP contribution in [-0.2, 0) is 19.6 Å². The van der Waals surface area contributed by atoms with Crippen LogP contribution in [-0.4, -0.2) is 40.1 Å². The van der Waals surface area contributed by atoms with E-state index < -0.39 is 21.9 Å². The van der Waals surface area contributed by atoms with Gasteiger partial charge in [-0.1, -0.05) is 11.6 Å². The molecule has 0 aromatic heterocycles. The van der Waals surface area contributed by atoms with Crippen molar-refractivity contribution in [3.05, 3.63) is 59.4 Å². The molecule has 1 unspecified atom stereocenters. The van der Waals surface area contributed by atoms with E-state index in [4.69, 9.17) is 16.3 Å². The molecule has 0 spiro atoms. The number of ether oxygens (including phenoxy) is 1. The predicted molar refractivity (Wildman–Crippen MR) is 95.1 cm³/mol. The number of amides is 1. The topological polar surface area (TPSA) is 75.7 Å². The van der Waals surface area contributed by atoms with Crippen LogP contribution < -0.4 is 9.62 Å². The zero-order chi connectivity index (χ0) is 18.7. The van der Waals surface area contributed by atoms with Crippen molar-refractivity contribution in [2.75, 3.05) is 24.6 Å². The Labute approximate surface area is 155 Å². The average molecular weight is 399 g/mol. The molecular weight excluding hydrogens is 383 g/mol. The van der Waals surface area contributed by atoms with Gasteiger partial charge in [0.05, 0.1) is 17.5 Å². The van der Waals surface area contributed by atoms with E-state index in [1.54, 1.807) is 0 Å². The molecule has 1 saturated heterocycles. The van der Waals surface area contributed by atoms with Gasteiger partial charge in [-0.15, -0.1) is 0 Å². The highest BCUT2D eigenvalue weighted by Gasteiger charge is 2.28. The molecule has 1 aliphatic heterocycles. The lowest BCUT2D eigenvalue weighted by Gasteiger charge is -2.32. The van der Waals surface area contributed by atoms with Crippen LogP contribution in [0.2, 0.25) is 5.02 Å². The predicted octanol–water partition coefficient (Wildman–Crippen LogP) is 2.19. The number of nitrogens with one attached hydrogen (secondary N) is 1. The number of halogens is 2. The molecule has 0 aliphatic carbocycles. The van der Waals surface area contributed by atoms with E-state index in [9.17, 15) is 17.6 Å². The van der Waals surface area contributed by atoms with Crippen LogP contribution in [0.3, 0.4) is 0 Å². The van der Waals surface area contributed by atoms with Gasteiger partial charge in [0.15, 0.2) is 0 Å². The summed E-state index contributed by atoms with van der Waals surface area (Å²) in [4.78, 5) is 13.6. The molecule has 1 amide bonds. The van der Waals surface area contributed by atoms with Crippen LogP contribution in [0.15, 0.2) is 53.4 Å². The second kappa shape index (κ2) is 7.71. The van der Waals surface area contributed by atoms with Crippen LogP contribution in [0, 0.1) is 5.82 Å². The van der Waals surface area contributed by atoms with Crippen molar-refractivity contribution < 1.29 is 22.3 Å². The van der Waals surface area contributed by atoms with Crippen LogP contribution in [0.4, 0.5) is 10.1 Å². The van der Waals surface area contributed by atoms with E-state index in [0.29, 0.717) is 10.7 Å². The fraction of sp³-hybridized carbons (Fsp3) is 0.235. The van der Waals surface area contributed by atoms with Gasteiger partial charge in [-0.25, -0.2) is 17.5 Å². The molecule has 1 atom stereocenters. The van der Waals surface area contributed by atoms with Crippen LogP contribution in [0.25, 0.3) is 0 Å². The SMILES string of the molecule is O=C1COC(CNS(=O)(=O)c2ccc(Cl)cc2)CN1c1ccc(F)cc1. The summed E-state index contributed by atoms with van der Waals surface area (Å²) in [5, 5.41) is 0.438. The molecule has 26 heavy (non-hydrogen) atoms. The normalized spacial score (nSPS) is 18.2. The van der Waals surface area contributed by atoms with Gasteiger partial charge >= 0.3 is 0 Å². The minimum Gasteiger partial charge on any atom is -0.365 e. The summed E-state index contributed by atoms with van der Waals surface area (Å²) < 4.78 is 45.5. The summed E-state index contributed by atoms with van der Waals surface area (Å²) in [5.41, 5.74) is 0.533. The number of benzene rings is 2. The van der Waals surface area contributed by atoms with Crippen LogP contribution in [0.5, 0.6) is 0 Å². The molecule has 0 bridgehead atoms. The molecule has 9 heteroatoms. The summed E-state index contributed by atoms with van der Waals surface area (Å²) in [6.07, 6.45) is -0.528. The minimum absolute atomic E-state index is 0.00403. The molecule has 0 radical (unpaired) electrons. The number of carbonyl (C=O) groups is 1. The highest BCUT2D eigenvalue weighted by molar-refractivity contribution is 7.89. The zero-order valence-electron chi connectivity index (χ0n) is 13.6. The summed E-state index contributed by atoms with van der Waals surface area (Å²) in [6, 6.07) is 11.3. The first kappa shape index (κ1) is 18.8. The molecule has 0 saturated carbocycles. The fourth-order valence-corrected chi connectivity index (χ4v) is 3.71. The summed E-state index contributed by atoms with van der Waals surface area (Å²) >= 11 is 5.76. The van der Waals surface area contributed by atoms with Gasteiger partial charge in [0.2, 0.25) is 10.0 Å². The molecule has 2 aromatic rings. The van der Waals surface area contributed by atoms with E-state index in [-0.39, 0.29) is 30.5 Å². The van der Waals surface area contributed by atoms with Crippen molar-refractivity contribution in [2.45, 2.75) is 11.0 Å². The Bertz CT molecular complexity index is 888. The van der Waals surface area contributed by atoms with Crippen molar-refractivity contribution >= 4 is 33.2 Å². The zero-order valence-corrected chi connectivity index (χ0v) is 15.1. The Balaban J connectivity index is 1.65. The first-order valence-corrected chi connectivity index (χ1v) is 9.64. The second-order valence-corrected chi connectivity index (χ2v) is 7.92. The van der Waals surface area contributed by atoms with Gasteiger partial charge < -0.3 is 9.64 Å². The molecule has 138 valence electrons. The van der Waals surface area contributed by atoms with Crippen molar-refractivity contribution in [3.8, 4) is 0 Å². The lowest BCUT2D eigenvalue weighted by atomic mass is 10.2. The number of carbonyl (C=O) groups excluding carboxylic acids is 1. The van der Waals surface area contributed by atoms with Gasteiger partial charge in [0, 0.05) is 17.3 Å². The molecule has 1 fully saturated rings. The number of hydrogen-bond donors (Lipinski definition) is 1. The standard InChI is InChI=1S/C17H16ClFN2O4S/c18-12-1-7-16(8-2-12)26(23,24)20-9-15-10-21(17(22)11-25-15)14-5-3-13(19)4-6-14/h1-8,15,20H,9-11H2. The number of anilines is 1. The van der Waals surface area contributed by atoms with Gasteiger partial charge in [-0.3, -0.25) is 4.79 Å². The lowest BCUT2D eigenvalue weighted by molar-refractivity contribution is -0.129. The molecule has 1 N–H and O–H groups in total. The Morgan fingerprint density at radius 1 is 1.15 bits per heavy atom. The number of rotatable bonds is 5. The monoisotopic (exact) mass is 398 g/mol. The molecular formula is C17H16ClFN2O4S. The van der Waals surface area contributed by atoms with Crippen molar-refractivity contribution in [1.29, 1.82) is 0 Å². The van der Waals surface area contributed by atoms with E-state index in [2.05, 4.69) is 4.72 Å². The van der Waals surface area contributed by atoms with Crippen LogP contribution >= 0.6 is 11.6 Å². The quantitative estimate of drug-likeness (QED) is 0.837. The van der Waals surface area contributed by atoms with Gasteiger partial charge in [0.25, 0.3) is 5.91 Å². The average Bonchev–Trinajstić information content (AvgIpc) is 2.62. The van der Waals surface area contributed by atoms with Gasteiger partial charge in [0.1, 0.15) is 12.4 Å². The van der Waals surface area contributed by atoms with E-state index in [1.807, 2.05) is 0 Å². The largest absolute Gasteiger partial charge is 0.365 e.